The van der Waals surface area contributed by atoms with Crippen molar-refractivity contribution in [2.75, 3.05) is 0 Å². The van der Waals surface area contributed by atoms with Crippen molar-refractivity contribution in [2.24, 2.45) is 0 Å². The Kier molecular flexibility index (Phi) is 28.5. The van der Waals surface area contributed by atoms with Crippen LogP contribution in [0.2, 0.25) is 301 Å². The molecule has 0 aliphatic heterocycles. The van der Waals surface area contributed by atoms with E-state index in [4.69, 9.17) is 32.9 Å². The van der Waals surface area contributed by atoms with E-state index in [0.717, 1.165) is 0 Å². The molecule has 0 saturated heterocycles. The van der Waals surface area contributed by atoms with E-state index in [1.807, 2.05) is 0 Å². The summed E-state index contributed by atoms with van der Waals surface area (Å²) in [5.41, 5.74) is 0. The lowest BCUT2D eigenvalue weighted by atomic mass is 10.9. The molecule has 0 bridgehead atoms. The summed E-state index contributed by atoms with van der Waals surface area (Å²) in [5, 5.41) is 0. The number of hydrogen-bond acceptors (Lipinski definition) is 8. The molecule has 0 heterocycles. The van der Waals surface area contributed by atoms with E-state index in [1.54, 1.807) is 0 Å². The van der Waals surface area contributed by atoms with Crippen LogP contribution in [-0.4, -0.2) is 134 Å². The smallest absolute Gasteiger partial charge is 0.173 e. The van der Waals surface area contributed by atoms with E-state index in [0.29, 0.717) is 0 Å². The monoisotopic (exact) mass is 1270 g/mol. The van der Waals surface area contributed by atoms with Crippen molar-refractivity contribution in [3.63, 3.8) is 0 Å². The maximum absolute atomic E-state index is 7.33. The first kappa shape index (κ1) is 74.2. The molecule has 0 aliphatic rings. The molecule has 0 rings (SSSR count). The summed E-state index contributed by atoms with van der Waals surface area (Å²) in [6.07, 6.45) is 0. The van der Waals surface area contributed by atoms with Crippen molar-refractivity contribution in [1.29, 1.82) is 0 Å². The molecule has 428 valence electrons. The first-order valence-corrected chi connectivity index (χ1v) is 78.2. The van der Waals surface area contributed by atoms with Gasteiger partial charge in [-0.1, -0.05) is 0 Å². The van der Waals surface area contributed by atoms with Gasteiger partial charge in [0.05, 0.1) is 0 Å². The summed E-state index contributed by atoms with van der Waals surface area (Å²) in [6, 6.07) is 16.8. The van der Waals surface area contributed by atoms with Gasteiger partial charge in [0.2, 0.25) is 0 Å². The van der Waals surface area contributed by atoms with Gasteiger partial charge in [0.15, 0.2) is 134 Å². The summed E-state index contributed by atoms with van der Waals surface area (Å²) in [4.78, 5) is 0. The third-order valence-electron chi connectivity index (χ3n) is 13.8. The minimum absolute atomic E-state index is 1.00. The SMILES string of the molecule is C[SiH](C)O[Si](C)(C)CC[Si](C)(C)O[Si](C)(C)CC[Si](C)(C)O[Si](C)(C)CC[Si](C)(C)O[Si](C)(C)CC[Si](C)(C)O[Si](C)(C)CC[Si](C)(C)O[Si](C)(C)CC[Si](C)(C)O[Si](C)(C)CC[Si](C)(C)O[Si](C)(C)C. The minimum atomic E-state index is -1.88. The van der Waals surface area contributed by atoms with Crippen LogP contribution >= 0.6 is 0 Å². The van der Waals surface area contributed by atoms with Gasteiger partial charge in [0.25, 0.3) is 0 Å². The zero-order chi connectivity index (χ0) is 56.6. The first-order chi connectivity index (χ1) is 30.8. The van der Waals surface area contributed by atoms with Crippen LogP contribution in [0.5, 0.6) is 0 Å². The maximum Gasteiger partial charge on any atom is 0.173 e. The van der Waals surface area contributed by atoms with Crippen molar-refractivity contribution in [1.82, 2.24) is 0 Å². The number of hydrogen-bond donors (Lipinski definition) is 0. The molecule has 24 heteroatoms. The summed E-state index contributed by atoms with van der Waals surface area (Å²) in [5.74, 6) is 0. The summed E-state index contributed by atoms with van der Waals surface area (Å²) < 4.78 is 56.7. The minimum Gasteiger partial charge on any atom is -0.458 e. The molecule has 8 nitrogen and oxygen atoms in total. The molecule has 0 atom stereocenters. The summed E-state index contributed by atoms with van der Waals surface area (Å²) in [7, 11) is -27.9. The highest BCUT2D eigenvalue weighted by molar-refractivity contribution is 6.93. The Hall–Kier alpha value is 3.15. The predicted octanol–water partition coefficient (Wildman–Crippen LogP) is 18.8. The molecule has 0 aliphatic carbocycles. The largest absolute Gasteiger partial charge is 0.458 e. The van der Waals surface area contributed by atoms with E-state index in [9.17, 15) is 0 Å². The third kappa shape index (κ3) is 37.7. The standard InChI is InChI=1S/C47H128O8Si16/c1-56(2)48-58(6,7)34-35-60(10,11)50-62(14,15)38-39-64(18,19)52-66(22,23)42-43-68(26,27)54-70(30,31)46-47-71(32,33)55-69(28,29)45-44-67(24,25)53-65(20,21)41-40-63(16,17)51-61(12,13)37-36-59(8,9)49-57(3,4)5/h56H,34-47H2,1-33H3. The normalized spacial score (nSPS) is 15.6. The van der Waals surface area contributed by atoms with E-state index >= 15 is 0 Å². The Morgan fingerprint density at radius 2 is 0.296 bits per heavy atom. The molecule has 0 saturated carbocycles. The van der Waals surface area contributed by atoms with Crippen molar-refractivity contribution >= 4 is 134 Å². The summed E-state index contributed by atoms with van der Waals surface area (Å²) in [6.45, 7) is 80.5. The van der Waals surface area contributed by atoms with Crippen molar-refractivity contribution in [3.05, 3.63) is 0 Å². The van der Waals surface area contributed by atoms with E-state index < -0.39 is 134 Å². The van der Waals surface area contributed by atoms with E-state index in [-0.39, 0.29) is 0 Å². The topological polar surface area (TPSA) is 73.8 Å². The van der Waals surface area contributed by atoms with Crippen LogP contribution in [0.1, 0.15) is 0 Å². The van der Waals surface area contributed by atoms with Crippen molar-refractivity contribution in [3.8, 4) is 0 Å². The van der Waals surface area contributed by atoms with Crippen LogP contribution in [0.4, 0.5) is 0 Å². The molecule has 0 aromatic carbocycles. The van der Waals surface area contributed by atoms with Gasteiger partial charge >= 0.3 is 0 Å². The zero-order valence-corrected chi connectivity index (χ0v) is 70.4. The molecule has 0 spiro atoms. The lowest BCUT2D eigenvalue weighted by Gasteiger charge is -2.41. The fourth-order valence-corrected chi connectivity index (χ4v) is 98.0. The molecule has 0 aromatic heterocycles. The van der Waals surface area contributed by atoms with Crippen LogP contribution in [-0.2, 0) is 32.9 Å². The molecular weight excluding hydrogens is 1140 g/mol. The van der Waals surface area contributed by atoms with Crippen LogP contribution < -0.4 is 0 Å². The Morgan fingerprint density at radius 1 is 0.183 bits per heavy atom. The fourth-order valence-electron chi connectivity index (χ4n) is 10.9. The first-order valence-electron chi connectivity index (χ1n) is 28.4. The van der Waals surface area contributed by atoms with Crippen molar-refractivity contribution < 1.29 is 32.9 Å². The van der Waals surface area contributed by atoms with Gasteiger partial charge in [0, 0.05) is 0 Å². The van der Waals surface area contributed by atoms with Gasteiger partial charge < -0.3 is 32.9 Å². The van der Waals surface area contributed by atoms with Crippen LogP contribution in [0.15, 0.2) is 0 Å². The molecule has 0 amide bonds. The lowest BCUT2D eigenvalue weighted by molar-refractivity contribution is 0.513. The summed E-state index contributed by atoms with van der Waals surface area (Å²) >= 11 is 0. The highest BCUT2D eigenvalue weighted by Gasteiger charge is 2.44. The Bertz CT molecular complexity index is 1590. The van der Waals surface area contributed by atoms with E-state index in [1.165, 1.54) is 84.6 Å². The van der Waals surface area contributed by atoms with Crippen molar-refractivity contribution in [2.45, 2.75) is 301 Å². The average Bonchev–Trinajstić information content (AvgIpc) is 3.06. The Labute approximate surface area is 463 Å². The second kappa shape index (κ2) is 27.3. The lowest BCUT2D eigenvalue weighted by Crippen LogP contribution is -2.51. The highest BCUT2D eigenvalue weighted by Crippen LogP contribution is 2.37. The van der Waals surface area contributed by atoms with Gasteiger partial charge in [-0.3, -0.25) is 0 Å². The Balaban J connectivity index is 5.25. The molecule has 71 heavy (non-hydrogen) atoms. The highest BCUT2D eigenvalue weighted by atomic mass is 28.5. The van der Waals surface area contributed by atoms with E-state index in [2.05, 4.69) is 216 Å². The average molecular weight is 1270 g/mol. The fraction of sp³-hybridized carbons (Fsp3) is 1.00. The second-order valence-corrected chi connectivity index (χ2v) is 101. The molecular formula is C47H128O8Si16. The molecule has 0 aromatic rings. The van der Waals surface area contributed by atoms with Gasteiger partial charge in [-0.2, -0.15) is 0 Å². The number of rotatable bonds is 37. The predicted molar refractivity (Wildman–Crippen MR) is 363 cm³/mol. The molecule has 0 fully saturated rings. The molecule has 0 radical (unpaired) electrons. The third-order valence-corrected chi connectivity index (χ3v) is 73.2. The van der Waals surface area contributed by atoms with Gasteiger partial charge in [-0.05, 0) is 301 Å². The quantitative estimate of drug-likeness (QED) is 0.0570. The molecule has 0 N–H and O–H groups in total. The van der Waals surface area contributed by atoms with Gasteiger partial charge in [-0.25, -0.2) is 0 Å². The van der Waals surface area contributed by atoms with Gasteiger partial charge in [-0.15, -0.1) is 0 Å². The van der Waals surface area contributed by atoms with Gasteiger partial charge in [0.1, 0.15) is 0 Å². The van der Waals surface area contributed by atoms with Crippen LogP contribution in [0, 0.1) is 0 Å². The second-order valence-electron chi connectivity index (χ2n) is 32.1. The molecule has 0 unspecified atom stereocenters. The zero-order valence-electron chi connectivity index (χ0n) is 54.2. The maximum atomic E-state index is 7.33. The Morgan fingerprint density at radius 3 is 0.408 bits per heavy atom. The van der Waals surface area contributed by atoms with Crippen LogP contribution in [0.3, 0.4) is 0 Å². The van der Waals surface area contributed by atoms with Crippen LogP contribution in [0.25, 0.3) is 0 Å².